The second kappa shape index (κ2) is 4.32. The van der Waals surface area contributed by atoms with Crippen LogP contribution >= 0.6 is 0 Å². The Morgan fingerprint density at radius 2 is 1.95 bits per heavy atom. The second-order valence-electron chi connectivity index (χ2n) is 7.56. The van der Waals surface area contributed by atoms with Gasteiger partial charge in [-0.25, -0.2) is 0 Å². The molecule has 1 spiro atoms. The maximum absolute atomic E-state index is 11.4. The smallest absolute Gasteiger partial charge is 0.302 e. The quantitative estimate of drug-likeness (QED) is 0.483. The van der Waals surface area contributed by atoms with E-state index in [1.54, 1.807) is 0 Å². The standard InChI is InChI=1S/C17H26O4/c1-10(2)12-6-8-15(4)13(20-11(3)18)7-9-16(5)17(15,21-16)14(12)19/h12-14,19H,1,6-9H2,2-5H3/t12-,13+,14+,15-,16-,17+/m1/s1. The Bertz CT molecular complexity index is 501. The number of carbonyl (C=O) groups is 1. The average molecular weight is 294 g/mol. The van der Waals surface area contributed by atoms with Gasteiger partial charge in [-0.15, -0.1) is 0 Å². The van der Waals surface area contributed by atoms with Crippen LogP contribution in [0.15, 0.2) is 12.2 Å². The van der Waals surface area contributed by atoms with Crippen LogP contribution in [0.5, 0.6) is 0 Å². The summed E-state index contributed by atoms with van der Waals surface area (Å²) in [5.41, 5.74) is -0.213. The van der Waals surface area contributed by atoms with Crippen molar-refractivity contribution in [3.8, 4) is 0 Å². The van der Waals surface area contributed by atoms with Crippen LogP contribution in [-0.4, -0.2) is 34.5 Å². The fourth-order valence-electron chi connectivity index (χ4n) is 5.11. The van der Waals surface area contributed by atoms with Crippen molar-refractivity contribution in [1.82, 2.24) is 0 Å². The van der Waals surface area contributed by atoms with Crippen LogP contribution in [0.1, 0.15) is 53.4 Å². The van der Waals surface area contributed by atoms with Crippen LogP contribution in [0.25, 0.3) is 0 Å². The molecule has 0 aromatic heterocycles. The number of esters is 1. The molecule has 0 unspecified atom stereocenters. The van der Waals surface area contributed by atoms with E-state index in [1.807, 2.05) is 6.92 Å². The molecule has 6 atom stereocenters. The zero-order valence-corrected chi connectivity index (χ0v) is 13.4. The highest BCUT2D eigenvalue weighted by atomic mass is 16.6. The number of hydrogen-bond donors (Lipinski definition) is 1. The molecule has 2 saturated carbocycles. The van der Waals surface area contributed by atoms with Gasteiger partial charge >= 0.3 is 5.97 Å². The highest BCUT2D eigenvalue weighted by Gasteiger charge is 2.83. The van der Waals surface area contributed by atoms with Gasteiger partial charge in [-0.2, -0.15) is 0 Å². The lowest BCUT2D eigenvalue weighted by molar-refractivity contribution is -0.174. The van der Waals surface area contributed by atoms with Crippen molar-refractivity contribution in [3.63, 3.8) is 0 Å². The zero-order valence-electron chi connectivity index (χ0n) is 13.4. The van der Waals surface area contributed by atoms with Gasteiger partial charge in [-0.3, -0.25) is 4.79 Å². The summed E-state index contributed by atoms with van der Waals surface area (Å²) in [5.74, 6) is -0.187. The molecule has 118 valence electrons. The van der Waals surface area contributed by atoms with Crippen molar-refractivity contribution in [2.75, 3.05) is 0 Å². The summed E-state index contributed by atoms with van der Waals surface area (Å²) in [4.78, 5) is 11.4. The van der Waals surface area contributed by atoms with Crippen LogP contribution < -0.4 is 0 Å². The Kier molecular flexibility index (Phi) is 3.10. The molecular weight excluding hydrogens is 268 g/mol. The molecule has 0 bridgehead atoms. The molecule has 4 nitrogen and oxygen atoms in total. The number of epoxide rings is 1. The lowest BCUT2D eigenvalue weighted by atomic mass is 9.52. The first-order valence-corrected chi connectivity index (χ1v) is 7.89. The van der Waals surface area contributed by atoms with Gasteiger partial charge in [0.2, 0.25) is 0 Å². The molecule has 3 fully saturated rings. The summed E-state index contributed by atoms with van der Waals surface area (Å²) in [6.07, 6.45) is 2.63. The van der Waals surface area contributed by atoms with E-state index in [9.17, 15) is 9.90 Å². The summed E-state index contributed by atoms with van der Waals surface area (Å²) in [6.45, 7) is 11.6. The van der Waals surface area contributed by atoms with Crippen LogP contribution in [0.3, 0.4) is 0 Å². The Labute approximate surface area is 126 Å². The third kappa shape index (κ3) is 1.72. The number of ether oxygens (including phenoxy) is 2. The molecule has 0 radical (unpaired) electrons. The molecule has 1 saturated heterocycles. The van der Waals surface area contributed by atoms with Crippen molar-refractivity contribution in [2.45, 2.75) is 76.8 Å². The summed E-state index contributed by atoms with van der Waals surface area (Å²) >= 11 is 0. The van der Waals surface area contributed by atoms with Crippen molar-refractivity contribution in [3.05, 3.63) is 12.2 Å². The summed E-state index contributed by atoms with van der Waals surface area (Å²) < 4.78 is 11.8. The lowest BCUT2D eigenvalue weighted by Crippen LogP contribution is -2.63. The van der Waals surface area contributed by atoms with Gasteiger partial charge in [0.15, 0.2) is 0 Å². The van der Waals surface area contributed by atoms with Gasteiger partial charge in [-0.05, 0) is 39.5 Å². The van der Waals surface area contributed by atoms with E-state index in [1.165, 1.54) is 6.92 Å². The Morgan fingerprint density at radius 1 is 1.29 bits per heavy atom. The van der Waals surface area contributed by atoms with E-state index >= 15 is 0 Å². The molecule has 1 heterocycles. The Hall–Kier alpha value is -0.870. The van der Waals surface area contributed by atoms with E-state index in [-0.39, 0.29) is 29.0 Å². The van der Waals surface area contributed by atoms with Gasteiger partial charge in [0, 0.05) is 18.3 Å². The maximum Gasteiger partial charge on any atom is 0.302 e. The fourth-order valence-corrected chi connectivity index (χ4v) is 5.11. The first-order chi connectivity index (χ1) is 9.68. The topological polar surface area (TPSA) is 59.1 Å². The SMILES string of the molecule is C=C(C)[C@H]1CC[C@]2(C)[C@@H](OC(C)=O)CC[C@@]3(C)O[C@]32[C@H]1O. The molecule has 0 aromatic carbocycles. The number of aliphatic hydroxyl groups excluding tert-OH is 1. The van der Waals surface area contributed by atoms with E-state index < -0.39 is 11.7 Å². The van der Waals surface area contributed by atoms with Gasteiger partial charge in [0.25, 0.3) is 0 Å². The van der Waals surface area contributed by atoms with Crippen molar-refractivity contribution >= 4 is 5.97 Å². The summed E-state index contributed by atoms with van der Waals surface area (Å²) in [7, 11) is 0. The van der Waals surface area contributed by atoms with Crippen molar-refractivity contribution < 1.29 is 19.4 Å². The molecule has 3 rings (SSSR count). The largest absolute Gasteiger partial charge is 0.462 e. The molecule has 4 heteroatoms. The van der Waals surface area contributed by atoms with Gasteiger partial charge in [-0.1, -0.05) is 19.1 Å². The second-order valence-corrected chi connectivity index (χ2v) is 7.56. The Balaban J connectivity index is 1.99. The minimum atomic E-state index is -0.597. The molecule has 0 aromatic rings. The van der Waals surface area contributed by atoms with E-state index in [2.05, 4.69) is 20.4 Å². The number of aliphatic hydroxyl groups is 1. The zero-order chi connectivity index (χ0) is 15.6. The number of hydrogen-bond acceptors (Lipinski definition) is 4. The molecule has 1 N–H and O–H groups in total. The van der Waals surface area contributed by atoms with E-state index in [4.69, 9.17) is 9.47 Å². The Morgan fingerprint density at radius 3 is 2.52 bits per heavy atom. The lowest BCUT2D eigenvalue weighted by Gasteiger charge is -2.53. The third-order valence-electron chi connectivity index (χ3n) is 6.29. The fraction of sp³-hybridized carbons (Fsp3) is 0.824. The van der Waals surface area contributed by atoms with Gasteiger partial charge in [0.05, 0.1) is 11.7 Å². The molecule has 3 aliphatic rings. The minimum absolute atomic E-state index is 0.0657. The monoisotopic (exact) mass is 294 g/mol. The minimum Gasteiger partial charge on any atom is -0.462 e. The van der Waals surface area contributed by atoms with Crippen molar-refractivity contribution in [2.24, 2.45) is 11.3 Å². The first-order valence-electron chi connectivity index (χ1n) is 7.89. The normalized spacial score (nSPS) is 51.6. The van der Waals surface area contributed by atoms with E-state index in [0.717, 1.165) is 31.3 Å². The molecule has 1 aliphatic heterocycles. The third-order valence-corrected chi connectivity index (χ3v) is 6.29. The molecule has 2 aliphatic carbocycles. The molecule has 21 heavy (non-hydrogen) atoms. The van der Waals surface area contributed by atoms with Crippen LogP contribution in [0.2, 0.25) is 0 Å². The first kappa shape index (κ1) is 15.0. The van der Waals surface area contributed by atoms with Crippen LogP contribution in [-0.2, 0) is 14.3 Å². The summed E-state index contributed by atoms with van der Waals surface area (Å²) in [6, 6.07) is 0. The van der Waals surface area contributed by atoms with E-state index in [0.29, 0.717) is 0 Å². The van der Waals surface area contributed by atoms with Gasteiger partial charge < -0.3 is 14.6 Å². The maximum atomic E-state index is 11.4. The van der Waals surface area contributed by atoms with Crippen molar-refractivity contribution in [1.29, 1.82) is 0 Å². The predicted octanol–water partition coefficient (Wildman–Crippen LogP) is 2.59. The summed E-state index contributed by atoms with van der Waals surface area (Å²) in [5, 5.41) is 11.0. The predicted molar refractivity (Wildman–Crippen MR) is 78.7 cm³/mol. The highest BCUT2D eigenvalue weighted by molar-refractivity contribution is 5.66. The molecular formula is C17H26O4. The van der Waals surface area contributed by atoms with Crippen LogP contribution in [0.4, 0.5) is 0 Å². The van der Waals surface area contributed by atoms with Crippen LogP contribution in [0, 0.1) is 11.3 Å². The average Bonchev–Trinajstić information content (AvgIpc) is 3.00. The molecule has 0 amide bonds. The number of carbonyl (C=O) groups excluding carboxylic acids is 1. The van der Waals surface area contributed by atoms with Gasteiger partial charge in [0.1, 0.15) is 11.7 Å². The highest BCUT2D eigenvalue weighted by Crippen LogP contribution is 2.71. The number of rotatable bonds is 2.